The molecule has 1 aliphatic rings. The molecule has 2 atom stereocenters. The number of aromatic nitrogens is 2. The van der Waals surface area contributed by atoms with E-state index in [1.807, 2.05) is 91.1 Å². The summed E-state index contributed by atoms with van der Waals surface area (Å²) in [5, 5.41) is 13.9. The third-order valence-corrected chi connectivity index (χ3v) is 7.03. The summed E-state index contributed by atoms with van der Waals surface area (Å²) < 4.78 is 13.4. The van der Waals surface area contributed by atoms with Crippen LogP contribution in [0.3, 0.4) is 0 Å². The number of phenolic OH excluding ortho intramolecular Hbond substituents is 1. The lowest BCUT2D eigenvalue weighted by atomic mass is 10.0. The Morgan fingerprint density at radius 2 is 1.46 bits per heavy atom. The number of rotatable bonds is 7. The van der Waals surface area contributed by atoms with Crippen LogP contribution < -0.4 is 19.7 Å². The summed E-state index contributed by atoms with van der Waals surface area (Å²) >= 11 is 5.89. The van der Waals surface area contributed by atoms with Crippen LogP contribution >= 0.6 is 12.2 Å². The molecule has 0 saturated carbocycles. The van der Waals surface area contributed by atoms with Crippen molar-refractivity contribution in [1.82, 2.24) is 14.9 Å². The molecule has 1 aliphatic heterocycles. The van der Waals surface area contributed by atoms with Gasteiger partial charge in [0.2, 0.25) is 0 Å². The Morgan fingerprint density at radius 3 is 2.13 bits per heavy atom. The van der Waals surface area contributed by atoms with Crippen LogP contribution in [0.5, 0.6) is 23.0 Å². The summed E-state index contributed by atoms with van der Waals surface area (Å²) in [6.07, 6.45) is 3.81. The fourth-order valence-electron chi connectivity index (χ4n) is 4.87. The number of ether oxygens (including phenoxy) is 2. The summed E-state index contributed by atoms with van der Waals surface area (Å²) in [7, 11) is 1.64. The number of anilines is 1. The molecule has 2 N–H and O–H groups in total. The molecule has 0 spiro atoms. The largest absolute Gasteiger partial charge is 0.508 e. The van der Waals surface area contributed by atoms with E-state index in [4.69, 9.17) is 21.7 Å². The van der Waals surface area contributed by atoms with Crippen LogP contribution in [-0.2, 0) is 0 Å². The van der Waals surface area contributed by atoms with E-state index in [2.05, 4.69) is 25.8 Å². The van der Waals surface area contributed by atoms with E-state index in [9.17, 15) is 5.11 Å². The first-order valence-electron chi connectivity index (χ1n) is 12.5. The maximum absolute atomic E-state index is 9.82. The SMILES string of the molecule is COc1ccc(Oc2ccc(N3C(=S)N[C@@H](c4ccccn4)[C@@H]3c3cccn3-c3ccc(O)cc3)cc2)cc1. The standard InChI is InChI=1S/C31H26N4O3S/c1-37-24-15-17-26(18-16-24)38-25-13-9-22(10-14-25)35-30(29(33-31(35)39)27-5-2-3-19-32-27)28-6-4-20-34(28)21-7-11-23(36)12-8-21/h2-20,29-30,36H,1H3,(H,33,39)/t29-,30-/m0/s1. The first-order chi connectivity index (χ1) is 19.1. The number of pyridine rings is 1. The van der Waals surface area contributed by atoms with E-state index in [0.29, 0.717) is 10.9 Å². The van der Waals surface area contributed by atoms with Crippen molar-refractivity contribution in [3.05, 3.63) is 127 Å². The zero-order valence-corrected chi connectivity index (χ0v) is 22.0. The highest BCUT2D eigenvalue weighted by atomic mass is 32.1. The lowest BCUT2D eigenvalue weighted by Gasteiger charge is -2.29. The molecule has 1 fully saturated rings. The summed E-state index contributed by atoms with van der Waals surface area (Å²) in [5.41, 5.74) is 3.79. The van der Waals surface area contributed by atoms with Crippen molar-refractivity contribution in [2.75, 3.05) is 12.0 Å². The lowest BCUT2D eigenvalue weighted by Crippen LogP contribution is -2.30. The number of nitrogens with one attached hydrogen (secondary N) is 1. The van der Waals surface area contributed by atoms with Crippen molar-refractivity contribution >= 4 is 23.0 Å². The van der Waals surface area contributed by atoms with Crippen molar-refractivity contribution in [1.29, 1.82) is 0 Å². The molecule has 0 bridgehead atoms. The van der Waals surface area contributed by atoms with Gasteiger partial charge < -0.3 is 29.4 Å². The lowest BCUT2D eigenvalue weighted by molar-refractivity contribution is 0.413. The Morgan fingerprint density at radius 1 is 0.795 bits per heavy atom. The van der Waals surface area contributed by atoms with Gasteiger partial charge in [-0.3, -0.25) is 4.98 Å². The van der Waals surface area contributed by atoms with Crippen LogP contribution in [0.15, 0.2) is 116 Å². The monoisotopic (exact) mass is 534 g/mol. The highest BCUT2D eigenvalue weighted by Gasteiger charge is 2.42. The van der Waals surface area contributed by atoms with Gasteiger partial charge in [0.1, 0.15) is 29.0 Å². The molecule has 8 heteroatoms. The van der Waals surface area contributed by atoms with Crippen molar-refractivity contribution in [3.63, 3.8) is 0 Å². The van der Waals surface area contributed by atoms with Gasteiger partial charge in [0.15, 0.2) is 5.11 Å². The summed E-state index contributed by atoms with van der Waals surface area (Å²) in [6, 6.07) is 32.2. The second-order valence-electron chi connectivity index (χ2n) is 9.09. The molecule has 0 radical (unpaired) electrons. The van der Waals surface area contributed by atoms with Crippen molar-refractivity contribution in [3.8, 4) is 28.7 Å². The zero-order valence-electron chi connectivity index (χ0n) is 21.1. The summed E-state index contributed by atoms with van der Waals surface area (Å²) in [5.74, 6) is 2.44. The quantitative estimate of drug-likeness (QED) is 0.229. The van der Waals surface area contributed by atoms with Gasteiger partial charge in [-0.25, -0.2) is 0 Å². The second-order valence-corrected chi connectivity index (χ2v) is 9.47. The Balaban J connectivity index is 1.36. The van der Waals surface area contributed by atoms with Gasteiger partial charge in [-0.1, -0.05) is 6.07 Å². The van der Waals surface area contributed by atoms with Crippen molar-refractivity contribution in [2.45, 2.75) is 12.1 Å². The molecule has 1 saturated heterocycles. The number of hydrogen-bond acceptors (Lipinski definition) is 5. The zero-order chi connectivity index (χ0) is 26.8. The maximum Gasteiger partial charge on any atom is 0.174 e. The molecular weight excluding hydrogens is 508 g/mol. The molecule has 0 amide bonds. The molecule has 39 heavy (non-hydrogen) atoms. The third kappa shape index (κ3) is 4.89. The first-order valence-corrected chi connectivity index (χ1v) is 12.9. The molecule has 194 valence electrons. The Bertz CT molecular complexity index is 1570. The molecule has 3 heterocycles. The number of benzene rings is 3. The van der Waals surface area contributed by atoms with Crippen LogP contribution in [0.2, 0.25) is 0 Å². The molecular formula is C31H26N4O3S. The van der Waals surface area contributed by atoms with Gasteiger partial charge >= 0.3 is 0 Å². The number of thiocarbonyl (C=S) groups is 1. The fourth-order valence-corrected chi connectivity index (χ4v) is 5.22. The average molecular weight is 535 g/mol. The van der Waals surface area contributed by atoms with Crippen LogP contribution in [0.1, 0.15) is 23.5 Å². The minimum atomic E-state index is -0.190. The Hall–Kier alpha value is -4.82. The highest BCUT2D eigenvalue weighted by Crippen LogP contribution is 2.42. The van der Waals surface area contributed by atoms with E-state index in [1.165, 1.54) is 0 Å². The molecule has 6 rings (SSSR count). The normalized spacial score (nSPS) is 16.6. The van der Waals surface area contributed by atoms with E-state index >= 15 is 0 Å². The average Bonchev–Trinajstić information content (AvgIpc) is 3.59. The second kappa shape index (κ2) is 10.5. The topological polar surface area (TPSA) is 71.8 Å². The first kappa shape index (κ1) is 24.5. The van der Waals surface area contributed by atoms with E-state index in [-0.39, 0.29) is 17.8 Å². The fraction of sp³-hybridized carbons (Fsp3) is 0.0968. The predicted molar refractivity (Wildman–Crippen MR) is 155 cm³/mol. The van der Waals surface area contributed by atoms with Gasteiger partial charge in [-0.2, -0.15) is 0 Å². The van der Waals surface area contributed by atoms with E-state index in [1.54, 1.807) is 25.4 Å². The molecule has 7 nitrogen and oxygen atoms in total. The molecule has 5 aromatic rings. The van der Waals surface area contributed by atoms with Gasteiger partial charge in [0.05, 0.1) is 18.8 Å². The number of methoxy groups -OCH3 is 1. The predicted octanol–water partition coefficient (Wildman–Crippen LogP) is 6.56. The number of hydrogen-bond donors (Lipinski definition) is 2. The summed E-state index contributed by atoms with van der Waals surface area (Å²) in [4.78, 5) is 6.77. The number of aromatic hydroxyl groups is 1. The van der Waals surface area contributed by atoms with Gasteiger partial charge in [-0.05, 0) is 109 Å². The van der Waals surface area contributed by atoms with Crippen LogP contribution in [0.25, 0.3) is 5.69 Å². The molecule has 2 aromatic heterocycles. The van der Waals surface area contributed by atoms with E-state index < -0.39 is 0 Å². The molecule has 0 unspecified atom stereocenters. The van der Waals surface area contributed by atoms with Crippen molar-refractivity contribution in [2.24, 2.45) is 0 Å². The van der Waals surface area contributed by atoms with Gasteiger partial charge in [-0.15, -0.1) is 0 Å². The third-order valence-electron chi connectivity index (χ3n) is 6.72. The van der Waals surface area contributed by atoms with E-state index in [0.717, 1.165) is 34.3 Å². The maximum atomic E-state index is 9.82. The Kier molecular flexibility index (Phi) is 6.61. The van der Waals surface area contributed by atoms with Crippen LogP contribution in [0, 0.1) is 0 Å². The Labute approximate surface area is 231 Å². The number of nitrogens with zero attached hydrogens (tertiary/aromatic N) is 3. The minimum Gasteiger partial charge on any atom is -0.508 e. The molecule has 0 aliphatic carbocycles. The highest BCUT2D eigenvalue weighted by molar-refractivity contribution is 7.80. The van der Waals surface area contributed by atoms with Gasteiger partial charge in [0.25, 0.3) is 0 Å². The minimum absolute atomic E-state index is 0.181. The van der Waals surface area contributed by atoms with Gasteiger partial charge in [0, 0.05) is 29.5 Å². The van der Waals surface area contributed by atoms with Crippen LogP contribution in [0.4, 0.5) is 5.69 Å². The molecule has 3 aromatic carbocycles. The smallest absolute Gasteiger partial charge is 0.174 e. The summed E-state index contributed by atoms with van der Waals surface area (Å²) in [6.45, 7) is 0. The van der Waals surface area contributed by atoms with Crippen LogP contribution in [-0.4, -0.2) is 26.9 Å². The number of phenols is 1. The van der Waals surface area contributed by atoms with Crippen molar-refractivity contribution < 1.29 is 14.6 Å².